The Bertz CT molecular complexity index is 544. The summed E-state index contributed by atoms with van der Waals surface area (Å²) < 4.78 is 0. The topological polar surface area (TPSA) is 34.1 Å². The fourth-order valence-corrected chi connectivity index (χ4v) is 5.86. The lowest BCUT2D eigenvalue weighted by Crippen LogP contribution is -2.57. The number of hydrogen-bond donors (Lipinski definition) is 1. The Morgan fingerprint density at radius 3 is 2.68 bits per heavy atom. The van der Waals surface area contributed by atoms with Crippen LogP contribution >= 0.6 is 23.1 Å². The average molecular weight is 382 g/mol. The molecule has 2 aliphatic rings. The maximum atomic E-state index is 4.55. The van der Waals surface area contributed by atoms with Crippen LogP contribution < -0.4 is 5.32 Å². The lowest BCUT2D eigenvalue weighted by atomic mass is 9.97. The highest BCUT2D eigenvalue weighted by Gasteiger charge is 2.37. The second kappa shape index (κ2) is 8.75. The van der Waals surface area contributed by atoms with Crippen LogP contribution in [0.3, 0.4) is 0 Å². The van der Waals surface area contributed by atoms with Gasteiger partial charge in [-0.25, -0.2) is 0 Å². The maximum Gasteiger partial charge on any atom is 0.193 e. The quantitative estimate of drug-likeness (QED) is 0.622. The number of thiophene rings is 1. The molecule has 1 aromatic heterocycles. The molecular weight excluding hydrogens is 350 g/mol. The van der Waals surface area contributed by atoms with Gasteiger partial charge in [-0.3, -0.25) is 9.89 Å². The number of likely N-dealkylation sites (N-methyl/N-ethyl adjacent to an activating group) is 1. The van der Waals surface area contributed by atoms with E-state index in [4.69, 9.17) is 0 Å². The molecule has 2 aliphatic heterocycles. The van der Waals surface area contributed by atoms with Crippen molar-refractivity contribution in [3.8, 4) is 0 Å². The minimum absolute atomic E-state index is 0.265. The predicted octanol–water partition coefficient (Wildman–Crippen LogP) is 1.88. The van der Waals surface area contributed by atoms with Crippen molar-refractivity contribution in [1.82, 2.24) is 20.0 Å². The second-order valence-electron chi connectivity index (χ2n) is 7.16. The van der Waals surface area contributed by atoms with Gasteiger partial charge in [-0.1, -0.05) is 6.07 Å². The summed E-state index contributed by atoms with van der Waals surface area (Å²) in [4.78, 5) is 13.4. The number of guanidine groups is 1. The standard InChI is InChI=1S/C18H31N5S2/c1-19-17(20-14-18(21(2)3)6-12-24-15-18)23-9-7-22(8-10-23)13-16-5-4-11-25-16/h4-5,11H,6-10,12-15H2,1-3H3,(H,19,20). The van der Waals surface area contributed by atoms with Crippen molar-refractivity contribution in [3.63, 3.8) is 0 Å². The largest absolute Gasteiger partial charge is 0.354 e. The maximum absolute atomic E-state index is 4.55. The number of nitrogens with zero attached hydrogens (tertiary/aromatic N) is 4. The van der Waals surface area contributed by atoms with Crippen LogP contribution in [-0.4, -0.2) is 91.6 Å². The Labute approximate surface area is 160 Å². The third kappa shape index (κ3) is 4.70. The zero-order valence-electron chi connectivity index (χ0n) is 15.7. The molecule has 0 aromatic carbocycles. The SMILES string of the molecule is CN=C(NCC1(N(C)C)CCSC1)N1CCN(Cc2cccs2)CC1. The summed E-state index contributed by atoms with van der Waals surface area (Å²) in [5, 5.41) is 5.83. The molecule has 0 saturated carbocycles. The van der Waals surface area contributed by atoms with Crippen molar-refractivity contribution >= 4 is 29.1 Å². The van der Waals surface area contributed by atoms with E-state index >= 15 is 0 Å². The minimum Gasteiger partial charge on any atom is -0.354 e. The Morgan fingerprint density at radius 2 is 2.12 bits per heavy atom. The summed E-state index contributed by atoms with van der Waals surface area (Å²) >= 11 is 3.92. The number of thioether (sulfide) groups is 1. The van der Waals surface area contributed by atoms with Gasteiger partial charge in [0.05, 0.1) is 0 Å². The van der Waals surface area contributed by atoms with Crippen molar-refractivity contribution in [2.45, 2.75) is 18.5 Å². The first-order chi connectivity index (χ1) is 12.1. The number of nitrogens with one attached hydrogen (secondary N) is 1. The summed E-state index contributed by atoms with van der Waals surface area (Å²) in [7, 11) is 6.32. The van der Waals surface area contributed by atoms with Crippen LogP contribution in [-0.2, 0) is 6.54 Å². The van der Waals surface area contributed by atoms with Gasteiger partial charge in [0.25, 0.3) is 0 Å². The number of hydrogen-bond acceptors (Lipinski definition) is 5. The van der Waals surface area contributed by atoms with E-state index in [1.807, 2.05) is 18.4 Å². The van der Waals surface area contributed by atoms with Gasteiger partial charge in [0, 0.05) is 62.5 Å². The molecule has 2 saturated heterocycles. The van der Waals surface area contributed by atoms with Gasteiger partial charge in [-0.2, -0.15) is 11.8 Å². The van der Waals surface area contributed by atoms with Gasteiger partial charge in [0.15, 0.2) is 5.96 Å². The van der Waals surface area contributed by atoms with Crippen LogP contribution in [0.1, 0.15) is 11.3 Å². The van der Waals surface area contributed by atoms with Crippen molar-refractivity contribution in [2.75, 3.05) is 65.4 Å². The molecule has 1 unspecified atom stereocenters. The van der Waals surface area contributed by atoms with Gasteiger partial charge in [-0.15, -0.1) is 11.3 Å². The van der Waals surface area contributed by atoms with E-state index in [1.54, 1.807) is 0 Å². The summed E-state index contributed by atoms with van der Waals surface area (Å²) in [5.41, 5.74) is 0.265. The first-order valence-electron chi connectivity index (χ1n) is 9.08. The summed E-state index contributed by atoms with van der Waals surface area (Å²) in [6, 6.07) is 4.38. The lowest BCUT2D eigenvalue weighted by molar-refractivity contribution is 0.164. The summed E-state index contributed by atoms with van der Waals surface area (Å²) in [6.45, 7) is 6.37. The molecule has 3 heterocycles. The molecule has 0 bridgehead atoms. The molecule has 0 radical (unpaired) electrons. The van der Waals surface area contributed by atoms with Crippen LogP contribution in [0.15, 0.2) is 22.5 Å². The highest BCUT2D eigenvalue weighted by Crippen LogP contribution is 2.31. The van der Waals surface area contributed by atoms with E-state index in [1.165, 1.54) is 22.8 Å². The normalized spacial score (nSPS) is 25.8. The lowest BCUT2D eigenvalue weighted by Gasteiger charge is -2.39. The average Bonchev–Trinajstić information content (AvgIpc) is 3.29. The van der Waals surface area contributed by atoms with E-state index in [-0.39, 0.29) is 5.54 Å². The molecule has 3 rings (SSSR count). The fourth-order valence-electron chi connectivity index (χ4n) is 3.56. The van der Waals surface area contributed by atoms with E-state index in [0.717, 1.165) is 45.2 Å². The molecule has 7 heteroatoms. The monoisotopic (exact) mass is 381 g/mol. The summed E-state index contributed by atoms with van der Waals surface area (Å²) in [5.74, 6) is 3.53. The first kappa shape index (κ1) is 19.0. The van der Waals surface area contributed by atoms with Crippen LogP contribution in [0.2, 0.25) is 0 Å². The molecule has 1 atom stereocenters. The smallest absolute Gasteiger partial charge is 0.193 e. The second-order valence-corrected chi connectivity index (χ2v) is 9.30. The van der Waals surface area contributed by atoms with E-state index in [0.29, 0.717) is 0 Å². The van der Waals surface area contributed by atoms with Gasteiger partial charge in [0.1, 0.15) is 0 Å². The molecule has 1 aromatic rings. The highest BCUT2D eigenvalue weighted by molar-refractivity contribution is 7.99. The van der Waals surface area contributed by atoms with Crippen LogP contribution in [0.4, 0.5) is 0 Å². The van der Waals surface area contributed by atoms with Gasteiger partial charge in [0.2, 0.25) is 0 Å². The van der Waals surface area contributed by atoms with Crippen LogP contribution in [0, 0.1) is 0 Å². The van der Waals surface area contributed by atoms with Crippen molar-refractivity contribution in [1.29, 1.82) is 0 Å². The molecule has 2 fully saturated rings. The zero-order valence-corrected chi connectivity index (χ0v) is 17.3. The predicted molar refractivity (Wildman–Crippen MR) is 111 cm³/mol. The van der Waals surface area contributed by atoms with Crippen LogP contribution in [0.5, 0.6) is 0 Å². The van der Waals surface area contributed by atoms with Gasteiger partial charge >= 0.3 is 0 Å². The number of aliphatic imine (C=N–C) groups is 1. The summed E-state index contributed by atoms with van der Waals surface area (Å²) in [6.07, 6.45) is 1.25. The van der Waals surface area contributed by atoms with E-state index < -0.39 is 0 Å². The third-order valence-electron chi connectivity index (χ3n) is 5.45. The van der Waals surface area contributed by atoms with Crippen molar-refractivity contribution in [3.05, 3.63) is 22.4 Å². The Morgan fingerprint density at radius 1 is 1.32 bits per heavy atom. The first-order valence-corrected chi connectivity index (χ1v) is 11.1. The van der Waals surface area contributed by atoms with Crippen molar-refractivity contribution in [2.24, 2.45) is 4.99 Å². The number of rotatable bonds is 5. The Hall–Kier alpha value is -0.760. The van der Waals surface area contributed by atoms with E-state index in [9.17, 15) is 0 Å². The Balaban J connectivity index is 1.49. The van der Waals surface area contributed by atoms with E-state index in [2.05, 4.69) is 68.4 Å². The van der Waals surface area contributed by atoms with Gasteiger partial charge in [-0.05, 0) is 37.7 Å². The van der Waals surface area contributed by atoms with Crippen LogP contribution in [0.25, 0.3) is 0 Å². The van der Waals surface area contributed by atoms with Crippen molar-refractivity contribution < 1.29 is 0 Å². The number of piperazine rings is 1. The molecule has 25 heavy (non-hydrogen) atoms. The molecule has 0 amide bonds. The third-order valence-corrected chi connectivity index (χ3v) is 7.55. The molecule has 5 nitrogen and oxygen atoms in total. The van der Waals surface area contributed by atoms with Gasteiger partial charge < -0.3 is 15.1 Å². The molecule has 1 N–H and O–H groups in total. The molecule has 140 valence electrons. The highest BCUT2D eigenvalue weighted by atomic mass is 32.2. The molecule has 0 spiro atoms. The minimum atomic E-state index is 0.265. The molecule has 0 aliphatic carbocycles. The fraction of sp³-hybridized carbons (Fsp3) is 0.722. The zero-order chi connectivity index (χ0) is 17.7. The Kier molecular flexibility index (Phi) is 6.66. The molecular formula is C18H31N5S2.